The fourth-order valence-electron chi connectivity index (χ4n) is 2.04. The van der Waals surface area contributed by atoms with Crippen LogP contribution < -0.4 is 5.32 Å². The first kappa shape index (κ1) is 11.6. The summed E-state index contributed by atoms with van der Waals surface area (Å²) in [5, 5.41) is 21.5. The molecule has 1 aliphatic rings. The lowest BCUT2D eigenvalue weighted by atomic mass is 9.90. The summed E-state index contributed by atoms with van der Waals surface area (Å²) in [6.07, 6.45) is 0.313. The minimum absolute atomic E-state index is 0.0578. The van der Waals surface area contributed by atoms with E-state index in [4.69, 9.17) is 5.11 Å². The Morgan fingerprint density at radius 1 is 1.35 bits per heavy atom. The lowest BCUT2D eigenvalue weighted by molar-refractivity contribution is -0.139. The number of benzene rings is 1. The molecule has 0 spiro atoms. The summed E-state index contributed by atoms with van der Waals surface area (Å²) in [6, 6.07) is 6.89. The molecule has 3 N–H and O–H groups in total. The van der Waals surface area contributed by atoms with Crippen LogP contribution in [-0.2, 0) is 15.2 Å². The Labute approximate surface area is 98.1 Å². The van der Waals surface area contributed by atoms with Crippen LogP contribution in [0.15, 0.2) is 24.3 Å². The van der Waals surface area contributed by atoms with Crippen LogP contribution in [0.3, 0.4) is 0 Å². The van der Waals surface area contributed by atoms with E-state index in [9.17, 15) is 14.7 Å². The van der Waals surface area contributed by atoms with E-state index in [-0.39, 0.29) is 19.3 Å². The van der Waals surface area contributed by atoms with E-state index < -0.39 is 17.5 Å². The molecule has 1 amide bonds. The summed E-state index contributed by atoms with van der Waals surface area (Å²) >= 11 is 0. The zero-order valence-electron chi connectivity index (χ0n) is 9.14. The van der Waals surface area contributed by atoms with Crippen LogP contribution in [-0.4, -0.2) is 22.1 Å². The maximum absolute atomic E-state index is 11.7. The molecule has 0 saturated carbocycles. The number of rotatable bonds is 4. The van der Waals surface area contributed by atoms with Crippen molar-refractivity contribution < 1.29 is 19.8 Å². The van der Waals surface area contributed by atoms with Crippen molar-refractivity contribution in [1.29, 1.82) is 0 Å². The number of carbonyl (C=O) groups excluding carboxylic acids is 1. The molecule has 1 atom stereocenters. The van der Waals surface area contributed by atoms with Gasteiger partial charge in [0.25, 0.3) is 5.91 Å². The zero-order valence-corrected chi connectivity index (χ0v) is 9.14. The van der Waals surface area contributed by atoms with E-state index >= 15 is 0 Å². The van der Waals surface area contributed by atoms with E-state index in [0.29, 0.717) is 11.3 Å². The molecule has 1 heterocycles. The molecule has 1 aliphatic heterocycles. The third-order valence-electron chi connectivity index (χ3n) is 2.93. The predicted molar refractivity (Wildman–Crippen MR) is 60.5 cm³/mol. The highest BCUT2D eigenvalue weighted by atomic mass is 16.4. The Balaban J connectivity index is 2.19. The molecule has 90 valence electrons. The molecule has 0 radical (unpaired) electrons. The standard InChI is InChI=1S/C12H13NO4/c14-10(15)6-3-7-12(17)8-4-1-2-5-9(8)13-11(12)16/h1-2,4-5,17H,3,6-7H2,(H,13,16)(H,14,15). The summed E-state index contributed by atoms with van der Waals surface area (Å²) in [5.41, 5.74) is -0.475. The third-order valence-corrected chi connectivity index (χ3v) is 2.93. The summed E-state index contributed by atoms with van der Waals surface area (Å²) < 4.78 is 0. The van der Waals surface area contributed by atoms with Gasteiger partial charge in [-0.1, -0.05) is 18.2 Å². The first-order valence-corrected chi connectivity index (χ1v) is 5.39. The average molecular weight is 235 g/mol. The second-order valence-corrected chi connectivity index (χ2v) is 4.11. The molecule has 0 aliphatic carbocycles. The van der Waals surface area contributed by atoms with E-state index in [2.05, 4.69) is 5.32 Å². The van der Waals surface area contributed by atoms with Crippen LogP contribution in [0.5, 0.6) is 0 Å². The van der Waals surface area contributed by atoms with Crippen LogP contribution in [0, 0.1) is 0 Å². The number of amides is 1. The second kappa shape index (κ2) is 4.18. The largest absolute Gasteiger partial charge is 0.481 e. The molecule has 2 rings (SSSR count). The van der Waals surface area contributed by atoms with E-state index in [1.54, 1.807) is 24.3 Å². The molecule has 1 unspecified atom stereocenters. The Morgan fingerprint density at radius 2 is 2.06 bits per heavy atom. The van der Waals surface area contributed by atoms with Crippen LogP contribution >= 0.6 is 0 Å². The van der Waals surface area contributed by atoms with Gasteiger partial charge in [-0.15, -0.1) is 0 Å². The van der Waals surface area contributed by atoms with Crippen molar-refractivity contribution in [2.45, 2.75) is 24.9 Å². The summed E-state index contributed by atoms with van der Waals surface area (Å²) in [6.45, 7) is 0. The monoisotopic (exact) mass is 235 g/mol. The molecule has 5 heteroatoms. The first-order chi connectivity index (χ1) is 8.04. The van der Waals surface area contributed by atoms with Crippen LogP contribution in [0.4, 0.5) is 5.69 Å². The first-order valence-electron chi connectivity index (χ1n) is 5.39. The molecule has 0 aromatic heterocycles. The number of nitrogens with one attached hydrogen (secondary N) is 1. The maximum Gasteiger partial charge on any atom is 0.303 e. The van der Waals surface area contributed by atoms with E-state index in [0.717, 1.165) is 0 Å². The Hall–Kier alpha value is -1.88. The number of hydrogen-bond acceptors (Lipinski definition) is 3. The number of carbonyl (C=O) groups is 2. The molecule has 0 saturated heterocycles. The molecule has 5 nitrogen and oxygen atoms in total. The SMILES string of the molecule is O=C(O)CCCC1(O)C(=O)Nc2ccccc21. The molecule has 0 fully saturated rings. The summed E-state index contributed by atoms with van der Waals surface area (Å²) in [7, 11) is 0. The lowest BCUT2D eigenvalue weighted by Gasteiger charge is -2.20. The van der Waals surface area contributed by atoms with E-state index in [1.165, 1.54) is 0 Å². The third kappa shape index (κ3) is 2.01. The van der Waals surface area contributed by atoms with Gasteiger partial charge in [0.05, 0.1) is 0 Å². The number of aliphatic hydroxyl groups is 1. The van der Waals surface area contributed by atoms with Crippen molar-refractivity contribution in [2.75, 3.05) is 5.32 Å². The van der Waals surface area contributed by atoms with Gasteiger partial charge in [-0.2, -0.15) is 0 Å². The fourth-order valence-corrected chi connectivity index (χ4v) is 2.04. The van der Waals surface area contributed by atoms with E-state index in [1.807, 2.05) is 0 Å². The van der Waals surface area contributed by atoms with Gasteiger partial charge in [-0.3, -0.25) is 9.59 Å². The Bertz CT molecular complexity index is 471. The van der Waals surface area contributed by atoms with Crippen LogP contribution in [0.2, 0.25) is 0 Å². The van der Waals surface area contributed by atoms with Gasteiger partial charge >= 0.3 is 5.97 Å². The smallest absolute Gasteiger partial charge is 0.303 e. The Morgan fingerprint density at radius 3 is 2.76 bits per heavy atom. The Kier molecular flexibility index (Phi) is 2.85. The molecule has 0 bridgehead atoms. The van der Waals surface area contributed by atoms with Crippen LogP contribution in [0.25, 0.3) is 0 Å². The lowest BCUT2D eigenvalue weighted by Crippen LogP contribution is -2.34. The van der Waals surface area contributed by atoms with Gasteiger partial charge in [-0.05, 0) is 18.9 Å². The highest BCUT2D eigenvalue weighted by molar-refractivity contribution is 6.04. The number of fused-ring (bicyclic) bond motifs is 1. The van der Waals surface area contributed by atoms with Crippen LogP contribution in [0.1, 0.15) is 24.8 Å². The molecule has 1 aromatic carbocycles. The average Bonchev–Trinajstić information content (AvgIpc) is 2.52. The van der Waals surface area contributed by atoms with Gasteiger partial charge in [0, 0.05) is 17.7 Å². The molecule has 17 heavy (non-hydrogen) atoms. The number of carboxylic acid groups (broad SMARTS) is 1. The molecule has 1 aromatic rings. The highest BCUT2D eigenvalue weighted by Gasteiger charge is 2.44. The normalized spacial score (nSPS) is 22.1. The number of aliphatic carboxylic acids is 1. The second-order valence-electron chi connectivity index (χ2n) is 4.11. The van der Waals surface area contributed by atoms with Gasteiger partial charge in [0.15, 0.2) is 5.60 Å². The number of carboxylic acids is 1. The zero-order chi connectivity index (χ0) is 12.5. The quantitative estimate of drug-likeness (QED) is 0.728. The molecular weight excluding hydrogens is 222 g/mol. The topological polar surface area (TPSA) is 86.6 Å². The predicted octanol–water partition coefficient (Wildman–Crippen LogP) is 1.08. The van der Waals surface area contributed by atoms with Gasteiger partial charge in [-0.25, -0.2) is 0 Å². The van der Waals surface area contributed by atoms with Gasteiger partial charge in [0.1, 0.15) is 0 Å². The number of para-hydroxylation sites is 1. The van der Waals surface area contributed by atoms with Crippen molar-refractivity contribution in [2.24, 2.45) is 0 Å². The maximum atomic E-state index is 11.7. The van der Waals surface area contributed by atoms with Crippen molar-refractivity contribution in [1.82, 2.24) is 0 Å². The number of anilines is 1. The summed E-state index contributed by atoms with van der Waals surface area (Å²) in [5.74, 6) is -1.41. The summed E-state index contributed by atoms with van der Waals surface area (Å²) in [4.78, 5) is 22.1. The highest BCUT2D eigenvalue weighted by Crippen LogP contribution is 2.38. The minimum Gasteiger partial charge on any atom is -0.481 e. The molecular formula is C12H13NO4. The van der Waals surface area contributed by atoms with Gasteiger partial charge in [0.2, 0.25) is 0 Å². The van der Waals surface area contributed by atoms with Crippen molar-refractivity contribution in [3.8, 4) is 0 Å². The minimum atomic E-state index is -1.59. The fraction of sp³-hybridized carbons (Fsp3) is 0.333. The van der Waals surface area contributed by atoms with Crippen molar-refractivity contribution in [3.63, 3.8) is 0 Å². The van der Waals surface area contributed by atoms with Gasteiger partial charge < -0.3 is 15.5 Å². The van der Waals surface area contributed by atoms with Crippen molar-refractivity contribution >= 4 is 17.6 Å². The van der Waals surface area contributed by atoms with Crippen molar-refractivity contribution in [3.05, 3.63) is 29.8 Å². The number of hydrogen-bond donors (Lipinski definition) is 3.